The summed E-state index contributed by atoms with van der Waals surface area (Å²) in [5.41, 5.74) is 3.11. The third-order valence-electron chi connectivity index (χ3n) is 3.12. The first-order valence-electron chi connectivity index (χ1n) is 6.10. The van der Waals surface area contributed by atoms with Gasteiger partial charge in [-0.15, -0.1) is 11.3 Å². The lowest BCUT2D eigenvalue weighted by Gasteiger charge is -2.06. The number of rotatable bonds is 3. The van der Waals surface area contributed by atoms with E-state index in [2.05, 4.69) is 26.6 Å². The van der Waals surface area contributed by atoms with Gasteiger partial charge in [0.2, 0.25) is 0 Å². The van der Waals surface area contributed by atoms with Gasteiger partial charge in [0.15, 0.2) is 0 Å². The fraction of sp³-hybridized carbons (Fsp3) is 0.214. The van der Waals surface area contributed by atoms with Crippen LogP contribution in [0.5, 0.6) is 0 Å². The summed E-state index contributed by atoms with van der Waals surface area (Å²) in [6.07, 6.45) is 0.994. The SMILES string of the molecule is O=C(NCc1cc(Br)cs1)c1ccc2c(c1)CCN2. The highest BCUT2D eigenvalue weighted by Crippen LogP contribution is 2.23. The van der Waals surface area contributed by atoms with Crippen molar-refractivity contribution in [1.82, 2.24) is 5.32 Å². The van der Waals surface area contributed by atoms with Crippen LogP contribution in [0.25, 0.3) is 0 Å². The van der Waals surface area contributed by atoms with Gasteiger partial charge in [-0.3, -0.25) is 4.79 Å². The van der Waals surface area contributed by atoms with Gasteiger partial charge < -0.3 is 10.6 Å². The topological polar surface area (TPSA) is 41.1 Å². The summed E-state index contributed by atoms with van der Waals surface area (Å²) in [5.74, 6) is -0.0146. The molecule has 2 heterocycles. The zero-order valence-corrected chi connectivity index (χ0v) is 12.6. The Hall–Kier alpha value is -1.33. The lowest BCUT2D eigenvalue weighted by Crippen LogP contribution is -2.22. The molecular formula is C14H13BrN2OS. The number of nitrogens with one attached hydrogen (secondary N) is 2. The van der Waals surface area contributed by atoms with Crippen molar-refractivity contribution in [2.75, 3.05) is 11.9 Å². The normalized spacial score (nSPS) is 12.9. The summed E-state index contributed by atoms with van der Waals surface area (Å²) in [6.45, 7) is 1.54. The third kappa shape index (κ3) is 2.82. The molecule has 1 aromatic carbocycles. The number of halogens is 1. The average molecular weight is 337 g/mol. The monoisotopic (exact) mass is 336 g/mol. The van der Waals surface area contributed by atoms with Gasteiger partial charge in [-0.25, -0.2) is 0 Å². The van der Waals surface area contributed by atoms with Gasteiger partial charge in [0.05, 0.1) is 6.54 Å². The van der Waals surface area contributed by atoms with E-state index in [-0.39, 0.29) is 5.91 Å². The van der Waals surface area contributed by atoms with Gasteiger partial charge in [0.25, 0.3) is 5.91 Å². The van der Waals surface area contributed by atoms with Crippen molar-refractivity contribution in [3.05, 3.63) is 50.1 Å². The molecule has 98 valence electrons. The number of amides is 1. The van der Waals surface area contributed by atoms with Crippen LogP contribution in [0.3, 0.4) is 0 Å². The molecule has 5 heteroatoms. The first-order chi connectivity index (χ1) is 9.22. The fourth-order valence-corrected chi connectivity index (χ4v) is 3.55. The Morgan fingerprint density at radius 2 is 2.32 bits per heavy atom. The van der Waals surface area contributed by atoms with Gasteiger partial charge >= 0.3 is 0 Å². The summed E-state index contributed by atoms with van der Waals surface area (Å²) < 4.78 is 1.06. The Bertz CT molecular complexity index is 624. The standard InChI is InChI=1S/C14H13BrN2OS/c15-11-6-12(19-8-11)7-17-14(18)10-1-2-13-9(5-10)3-4-16-13/h1-2,5-6,8,16H,3-4,7H2,(H,17,18). The number of fused-ring (bicyclic) bond motifs is 1. The average Bonchev–Trinajstić information content (AvgIpc) is 3.03. The molecule has 2 aromatic rings. The van der Waals surface area contributed by atoms with Gasteiger partial charge in [0, 0.05) is 32.5 Å². The minimum absolute atomic E-state index is 0.0146. The van der Waals surface area contributed by atoms with E-state index in [1.165, 1.54) is 5.56 Å². The number of carbonyl (C=O) groups excluding carboxylic acids is 1. The van der Waals surface area contributed by atoms with Crippen LogP contribution in [0.1, 0.15) is 20.8 Å². The van der Waals surface area contributed by atoms with E-state index in [9.17, 15) is 4.79 Å². The van der Waals surface area contributed by atoms with Crippen molar-refractivity contribution in [2.45, 2.75) is 13.0 Å². The number of hydrogen-bond acceptors (Lipinski definition) is 3. The molecule has 1 aromatic heterocycles. The minimum atomic E-state index is -0.0146. The molecule has 1 amide bonds. The van der Waals surface area contributed by atoms with Crippen LogP contribution in [0, 0.1) is 0 Å². The molecule has 0 atom stereocenters. The third-order valence-corrected chi connectivity index (χ3v) is 4.82. The van der Waals surface area contributed by atoms with Crippen LogP contribution in [-0.4, -0.2) is 12.5 Å². The summed E-state index contributed by atoms with van der Waals surface area (Å²) >= 11 is 5.04. The predicted molar refractivity (Wildman–Crippen MR) is 81.8 cm³/mol. The fourth-order valence-electron chi connectivity index (χ4n) is 2.16. The summed E-state index contributed by atoms with van der Waals surface area (Å²) in [7, 11) is 0. The lowest BCUT2D eigenvalue weighted by molar-refractivity contribution is 0.0951. The van der Waals surface area contributed by atoms with Crippen LogP contribution in [0.2, 0.25) is 0 Å². The number of benzene rings is 1. The molecule has 3 nitrogen and oxygen atoms in total. The van der Waals surface area contributed by atoms with Crippen LogP contribution in [0.15, 0.2) is 34.1 Å². The van der Waals surface area contributed by atoms with E-state index >= 15 is 0 Å². The van der Waals surface area contributed by atoms with Gasteiger partial charge in [-0.05, 0) is 52.2 Å². The van der Waals surface area contributed by atoms with Crippen LogP contribution < -0.4 is 10.6 Å². The van der Waals surface area contributed by atoms with Crippen molar-refractivity contribution in [2.24, 2.45) is 0 Å². The van der Waals surface area contributed by atoms with Crippen molar-refractivity contribution >= 4 is 38.9 Å². The van der Waals surface area contributed by atoms with Crippen molar-refractivity contribution < 1.29 is 4.79 Å². The number of carbonyl (C=O) groups is 1. The Balaban J connectivity index is 1.67. The summed E-state index contributed by atoms with van der Waals surface area (Å²) in [6, 6.07) is 7.86. The molecule has 0 bridgehead atoms. The first-order valence-corrected chi connectivity index (χ1v) is 7.77. The van der Waals surface area contributed by atoms with Crippen LogP contribution in [0.4, 0.5) is 5.69 Å². The summed E-state index contributed by atoms with van der Waals surface area (Å²) in [5, 5.41) is 8.26. The Morgan fingerprint density at radius 3 is 3.11 bits per heavy atom. The van der Waals surface area contributed by atoms with Gasteiger partial charge in [0.1, 0.15) is 0 Å². The minimum Gasteiger partial charge on any atom is -0.384 e. The van der Waals surface area contributed by atoms with E-state index in [1.807, 2.05) is 29.6 Å². The maximum Gasteiger partial charge on any atom is 0.251 e. The van der Waals surface area contributed by atoms with Crippen molar-refractivity contribution in [3.8, 4) is 0 Å². The molecule has 0 spiro atoms. The van der Waals surface area contributed by atoms with E-state index in [4.69, 9.17) is 0 Å². The second-order valence-electron chi connectivity index (χ2n) is 4.46. The second-order valence-corrected chi connectivity index (χ2v) is 6.37. The highest BCUT2D eigenvalue weighted by Gasteiger charge is 2.13. The molecule has 3 rings (SSSR count). The van der Waals surface area contributed by atoms with E-state index in [0.29, 0.717) is 6.54 Å². The molecule has 19 heavy (non-hydrogen) atoms. The Morgan fingerprint density at radius 1 is 1.42 bits per heavy atom. The summed E-state index contributed by atoms with van der Waals surface area (Å²) in [4.78, 5) is 13.2. The zero-order valence-electron chi connectivity index (χ0n) is 10.2. The quantitative estimate of drug-likeness (QED) is 0.901. The maximum absolute atomic E-state index is 12.1. The van der Waals surface area contributed by atoms with E-state index in [1.54, 1.807) is 11.3 Å². The smallest absolute Gasteiger partial charge is 0.251 e. The second kappa shape index (κ2) is 5.35. The Kier molecular flexibility index (Phi) is 3.57. The van der Waals surface area contributed by atoms with Crippen LogP contribution >= 0.6 is 27.3 Å². The van der Waals surface area contributed by atoms with E-state index in [0.717, 1.165) is 33.6 Å². The molecule has 0 saturated carbocycles. The largest absolute Gasteiger partial charge is 0.384 e. The molecule has 0 saturated heterocycles. The molecule has 2 N–H and O–H groups in total. The molecule has 1 aliphatic heterocycles. The van der Waals surface area contributed by atoms with Gasteiger partial charge in [-0.2, -0.15) is 0 Å². The molecule has 1 aliphatic rings. The molecule has 0 radical (unpaired) electrons. The molecular weight excluding hydrogens is 324 g/mol. The number of hydrogen-bond donors (Lipinski definition) is 2. The lowest BCUT2D eigenvalue weighted by atomic mass is 10.1. The molecule has 0 fully saturated rings. The number of thiophene rings is 1. The van der Waals surface area contributed by atoms with Crippen molar-refractivity contribution in [1.29, 1.82) is 0 Å². The van der Waals surface area contributed by atoms with Crippen LogP contribution in [-0.2, 0) is 13.0 Å². The van der Waals surface area contributed by atoms with Crippen molar-refractivity contribution in [3.63, 3.8) is 0 Å². The number of anilines is 1. The highest BCUT2D eigenvalue weighted by molar-refractivity contribution is 9.10. The zero-order chi connectivity index (χ0) is 13.2. The maximum atomic E-state index is 12.1. The Labute approximate surface area is 124 Å². The van der Waals surface area contributed by atoms with Gasteiger partial charge in [-0.1, -0.05) is 0 Å². The van der Waals surface area contributed by atoms with E-state index < -0.39 is 0 Å². The highest BCUT2D eigenvalue weighted by atomic mass is 79.9. The molecule has 0 unspecified atom stereocenters. The first kappa shape index (κ1) is 12.7. The predicted octanol–water partition coefficient (Wildman–Crippen LogP) is 3.41. The molecule has 0 aliphatic carbocycles.